The summed E-state index contributed by atoms with van der Waals surface area (Å²) in [5.74, 6) is 0.584. The van der Waals surface area contributed by atoms with Crippen molar-refractivity contribution in [2.24, 2.45) is 0 Å². The predicted molar refractivity (Wildman–Crippen MR) is 57.5 cm³/mol. The van der Waals surface area contributed by atoms with Gasteiger partial charge in [-0.15, -0.1) is 0 Å². The maximum absolute atomic E-state index is 4.44. The monoisotopic (exact) mass is 193 g/mol. The lowest BCUT2D eigenvalue weighted by Crippen LogP contribution is -2.31. The van der Waals surface area contributed by atoms with E-state index >= 15 is 0 Å². The van der Waals surface area contributed by atoms with Crippen molar-refractivity contribution in [2.45, 2.75) is 38.6 Å². The summed E-state index contributed by atoms with van der Waals surface area (Å²) in [6, 6.07) is 0.566. The standard InChI is InChI=1S/C11H19N3/c1-9(2)10-6-13-14(8-10)11-4-3-5-12-7-11/h6,8-9,11-12H,3-5,7H2,1-2H3. The van der Waals surface area contributed by atoms with Crippen molar-refractivity contribution < 1.29 is 0 Å². The molecule has 1 unspecified atom stereocenters. The van der Waals surface area contributed by atoms with Gasteiger partial charge in [-0.3, -0.25) is 4.68 Å². The Labute approximate surface area is 85.5 Å². The Morgan fingerprint density at radius 3 is 3.00 bits per heavy atom. The molecule has 0 bridgehead atoms. The predicted octanol–water partition coefficient (Wildman–Crippen LogP) is 1.93. The average Bonchev–Trinajstić information content (AvgIpc) is 2.68. The molecular formula is C11H19N3. The van der Waals surface area contributed by atoms with Crippen LogP contribution in [0.15, 0.2) is 12.4 Å². The second kappa shape index (κ2) is 4.13. The first-order chi connectivity index (χ1) is 6.77. The minimum Gasteiger partial charge on any atom is -0.315 e. The van der Waals surface area contributed by atoms with Crippen molar-refractivity contribution in [3.8, 4) is 0 Å². The zero-order valence-corrected chi connectivity index (χ0v) is 9.03. The van der Waals surface area contributed by atoms with Crippen molar-refractivity contribution in [2.75, 3.05) is 13.1 Å². The molecule has 14 heavy (non-hydrogen) atoms. The minimum atomic E-state index is 0.566. The Kier molecular flexibility index (Phi) is 2.87. The third kappa shape index (κ3) is 1.98. The third-order valence-electron chi connectivity index (χ3n) is 2.93. The number of hydrogen-bond acceptors (Lipinski definition) is 2. The smallest absolute Gasteiger partial charge is 0.0644 e. The first-order valence-electron chi connectivity index (χ1n) is 5.52. The highest BCUT2D eigenvalue weighted by Gasteiger charge is 2.15. The zero-order chi connectivity index (χ0) is 9.97. The minimum absolute atomic E-state index is 0.566. The summed E-state index contributed by atoms with van der Waals surface area (Å²) >= 11 is 0. The van der Waals surface area contributed by atoms with E-state index in [0.29, 0.717) is 12.0 Å². The molecule has 0 radical (unpaired) electrons. The van der Waals surface area contributed by atoms with E-state index in [1.54, 1.807) is 0 Å². The number of nitrogens with zero attached hydrogens (tertiary/aromatic N) is 2. The first kappa shape index (κ1) is 9.71. The second-order valence-corrected chi connectivity index (χ2v) is 4.41. The fourth-order valence-corrected chi connectivity index (χ4v) is 1.91. The van der Waals surface area contributed by atoms with Gasteiger partial charge in [0, 0.05) is 12.7 Å². The Morgan fingerprint density at radius 1 is 1.57 bits per heavy atom. The van der Waals surface area contributed by atoms with Gasteiger partial charge < -0.3 is 5.32 Å². The van der Waals surface area contributed by atoms with Crippen LogP contribution in [0, 0.1) is 0 Å². The van der Waals surface area contributed by atoms with Crippen LogP contribution in [0.5, 0.6) is 0 Å². The van der Waals surface area contributed by atoms with E-state index in [4.69, 9.17) is 0 Å². The molecule has 2 heterocycles. The molecule has 3 heteroatoms. The number of piperidine rings is 1. The quantitative estimate of drug-likeness (QED) is 0.777. The Hall–Kier alpha value is -0.830. The molecule has 1 aromatic heterocycles. The van der Waals surface area contributed by atoms with Crippen LogP contribution in [0.3, 0.4) is 0 Å². The maximum atomic E-state index is 4.44. The van der Waals surface area contributed by atoms with E-state index in [1.165, 1.54) is 18.4 Å². The van der Waals surface area contributed by atoms with Crippen LogP contribution < -0.4 is 5.32 Å². The topological polar surface area (TPSA) is 29.9 Å². The third-order valence-corrected chi connectivity index (χ3v) is 2.93. The largest absolute Gasteiger partial charge is 0.315 e. The molecule has 0 aromatic carbocycles. The van der Waals surface area contributed by atoms with Crippen LogP contribution in [-0.4, -0.2) is 22.9 Å². The molecule has 1 aromatic rings. The molecule has 1 aliphatic heterocycles. The summed E-state index contributed by atoms with van der Waals surface area (Å²) in [4.78, 5) is 0. The van der Waals surface area contributed by atoms with Crippen molar-refractivity contribution in [3.05, 3.63) is 18.0 Å². The average molecular weight is 193 g/mol. The van der Waals surface area contributed by atoms with Crippen molar-refractivity contribution in [1.82, 2.24) is 15.1 Å². The molecule has 1 atom stereocenters. The summed E-state index contributed by atoms with van der Waals surface area (Å²) in [6.45, 7) is 6.65. The zero-order valence-electron chi connectivity index (χ0n) is 9.03. The molecule has 0 amide bonds. The van der Waals surface area contributed by atoms with Gasteiger partial charge in [-0.1, -0.05) is 13.8 Å². The molecule has 1 saturated heterocycles. The van der Waals surface area contributed by atoms with E-state index < -0.39 is 0 Å². The van der Waals surface area contributed by atoms with Gasteiger partial charge in [0.2, 0.25) is 0 Å². The Morgan fingerprint density at radius 2 is 2.43 bits per heavy atom. The Balaban J connectivity index is 2.07. The van der Waals surface area contributed by atoms with Crippen LogP contribution in [0.4, 0.5) is 0 Å². The van der Waals surface area contributed by atoms with E-state index in [1.807, 2.05) is 6.20 Å². The van der Waals surface area contributed by atoms with Gasteiger partial charge in [0.05, 0.1) is 12.2 Å². The highest BCUT2D eigenvalue weighted by molar-refractivity contribution is 5.09. The van der Waals surface area contributed by atoms with Gasteiger partial charge >= 0.3 is 0 Å². The van der Waals surface area contributed by atoms with Gasteiger partial charge in [0.15, 0.2) is 0 Å². The molecule has 78 valence electrons. The highest BCUT2D eigenvalue weighted by Crippen LogP contribution is 2.19. The van der Waals surface area contributed by atoms with Crippen LogP contribution in [-0.2, 0) is 0 Å². The molecule has 0 aliphatic carbocycles. The van der Waals surface area contributed by atoms with Crippen LogP contribution in [0.1, 0.15) is 44.2 Å². The van der Waals surface area contributed by atoms with Gasteiger partial charge in [0.1, 0.15) is 0 Å². The summed E-state index contributed by atoms with van der Waals surface area (Å²) in [6.07, 6.45) is 6.72. The second-order valence-electron chi connectivity index (χ2n) is 4.41. The lowest BCUT2D eigenvalue weighted by Gasteiger charge is -2.22. The first-order valence-corrected chi connectivity index (χ1v) is 5.52. The molecule has 2 rings (SSSR count). The van der Waals surface area contributed by atoms with Gasteiger partial charge in [-0.2, -0.15) is 5.10 Å². The molecular weight excluding hydrogens is 174 g/mol. The lowest BCUT2D eigenvalue weighted by molar-refractivity contribution is 0.346. The van der Waals surface area contributed by atoms with E-state index in [2.05, 4.69) is 35.1 Å². The highest BCUT2D eigenvalue weighted by atomic mass is 15.3. The molecule has 1 N–H and O–H groups in total. The maximum Gasteiger partial charge on any atom is 0.0644 e. The van der Waals surface area contributed by atoms with E-state index in [-0.39, 0.29) is 0 Å². The number of aromatic nitrogens is 2. The van der Waals surface area contributed by atoms with Crippen LogP contribution >= 0.6 is 0 Å². The van der Waals surface area contributed by atoms with Crippen molar-refractivity contribution in [3.63, 3.8) is 0 Å². The van der Waals surface area contributed by atoms with E-state index in [0.717, 1.165) is 13.1 Å². The van der Waals surface area contributed by atoms with E-state index in [9.17, 15) is 0 Å². The SMILES string of the molecule is CC(C)c1cnn(C2CCCNC2)c1. The van der Waals surface area contributed by atoms with Gasteiger partial charge in [-0.25, -0.2) is 0 Å². The molecule has 3 nitrogen and oxygen atoms in total. The summed E-state index contributed by atoms with van der Waals surface area (Å²) in [5, 5.41) is 7.85. The fourth-order valence-electron chi connectivity index (χ4n) is 1.91. The summed E-state index contributed by atoms with van der Waals surface area (Å²) < 4.78 is 2.13. The normalized spacial score (nSPS) is 22.9. The molecule has 1 fully saturated rings. The van der Waals surface area contributed by atoms with Crippen LogP contribution in [0.25, 0.3) is 0 Å². The molecule has 1 aliphatic rings. The van der Waals surface area contributed by atoms with Crippen molar-refractivity contribution in [1.29, 1.82) is 0 Å². The number of hydrogen-bond donors (Lipinski definition) is 1. The van der Waals surface area contributed by atoms with Gasteiger partial charge in [0.25, 0.3) is 0 Å². The summed E-state index contributed by atoms with van der Waals surface area (Å²) in [7, 11) is 0. The number of rotatable bonds is 2. The lowest BCUT2D eigenvalue weighted by atomic mass is 10.1. The molecule has 0 saturated carbocycles. The fraction of sp³-hybridized carbons (Fsp3) is 0.727. The van der Waals surface area contributed by atoms with Crippen LogP contribution in [0.2, 0.25) is 0 Å². The molecule has 0 spiro atoms. The Bertz CT molecular complexity index is 284. The van der Waals surface area contributed by atoms with Gasteiger partial charge in [-0.05, 0) is 30.9 Å². The summed E-state index contributed by atoms with van der Waals surface area (Å²) in [5.41, 5.74) is 1.34. The van der Waals surface area contributed by atoms with Crippen molar-refractivity contribution >= 4 is 0 Å². The number of nitrogens with one attached hydrogen (secondary N) is 1.